The van der Waals surface area contributed by atoms with E-state index in [1.807, 2.05) is 41.4 Å². The zero-order valence-corrected chi connectivity index (χ0v) is 14.7. The number of rotatable bonds is 4. The summed E-state index contributed by atoms with van der Waals surface area (Å²) in [7, 11) is 0. The van der Waals surface area contributed by atoms with Crippen LogP contribution in [0.25, 0.3) is 5.69 Å². The minimum absolute atomic E-state index is 0.114. The molecular formula is C19H20N4OS. The Kier molecular flexibility index (Phi) is 4.63. The fourth-order valence-corrected chi connectivity index (χ4v) is 3.84. The molecule has 6 heteroatoms. The molecule has 25 heavy (non-hydrogen) atoms. The summed E-state index contributed by atoms with van der Waals surface area (Å²) in [6, 6.07) is 13.8. The van der Waals surface area contributed by atoms with Crippen LogP contribution in [-0.4, -0.2) is 51.7 Å². The van der Waals surface area contributed by atoms with Crippen molar-refractivity contribution in [1.29, 1.82) is 0 Å². The SMILES string of the molecule is O=C(c1ccc(-n2cccn2)cc1)N1CCN(Cc2cccs2)CC1. The summed E-state index contributed by atoms with van der Waals surface area (Å²) in [6.45, 7) is 4.40. The minimum Gasteiger partial charge on any atom is -0.336 e. The average Bonchev–Trinajstić information content (AvgIpc) is 3.36. The van der Waals surface area contributed by atoms with Crippen LogP contribution in [0.3, 0.4) is 0 Å². The maximum atomic E-state index is 12.7. The molecule has 3 aromatic rings. The molecule has 0 unspecified atom stereocenters. The van der Waals surface area contributed by atoms with E-state index in [0.29, 0.717) is 0 Å². The predicted molar refractivity (Wildman–Crippen MR) is 99.1 cm³/mol. The highest BCUT2D eigenvalue weighted by Crippen LogP contribution is 2.16. The van der Waals surface area contributed by atoms with Crippen LogP contribution < -0.4 is 0 Å². The first-order chi connectivity index (χ1) is 12.3. The molecule has 0 aliphatic carbocycles. The van der Waals surface area contributed by atoms with Crippen LogP contribution in [0.2, 0.25) is 0 Å². The molecule has 5 nitrogen and oxygen atoms in total. The number of hydrogen-bond donors (Lipinski definition) is 0. The van der Waals surface area contributed by atoms with Gasteiger partial charge in [-0.15, -0.1) is 11.3 Å². The summed E-state index contributed by atoms with van der Waals surface area (Å²) in [5, 5.41) is 6.32. The highest BCUT2D eigenvalue weighted by molar-refractivity contribution is 7.09. The first-order valence-corrected chi connectivity index (χ1v) is 9.32. The number of amides is 1. The summed E-state index contributed by atoms with van der Waals surface area (Å²) >= 11 is 1.79. The van der Waals surface area contributed by atoms with Crippen LogP contribution in [0, 0.1) is 0 Å². The highest BCUT2D eigenvalue weighted by atomic mass is 32.1. The number of benzene rings is 1. The zero-order chi connectivity index (χ0) is 17.1. The van der Waals surface area contributed by atoms with E-state index >= 15 is 0 Å². The molecule has 1 aromatic carbocycles. The summed E-state index contributed by atoms with van der Waals surface area (Å²) < 4.78 is 1.79. The Labute approximate surface area is 151 Å². The van der Waals surface area contributed by atoms with Crippen molar-refractivity contribution in [2.24, 2.45) is 0 Å². The quantitative estimate of drug-likeness (QED) is 0.725. The maximum absolute atomic E-state index is 12.7. The number of piperazine rings is 1. The zero-order valence-electron chi connectivity index (χ0n) is 13.9. The van der Waals surface area contributed by atoms with Crippen LogP contribution in [0.15, 0.2) is 60.2 Å². The van der Waals surface area contributed by atoms with E-state index in [9.17, 15) is 4.79 Å². The summed E-state index contributed by atoms with van der Waals surface area (Å²) in [6.07, 6.45) is 3.64. The molecule has 1 aliphatic rings. The lowest BCUT2D eigenvalue weighted by molar-refractivity contribution is 0.0629. The predicted octanol–water partition coefficient (Wildman–Crippen LogP) is 2.89. The molecule has 0 bridgehead atoms. The number of thiophene rings is 1. The first kappa shape index (κ1) is 16.1. The molecule has 2 aromatic heterocycles. The first-order valence-electron chi connectivity index (χ1n) is 8.44. The number of nitrogens with zero attached hydrogens (tertiary/aromatic N) is 4. The van der Waals surface area contributed by atoms with Crippen LogP contribution in [0.5, 0.6) is 0 Å². The molecule has 0 spiro atoms. The standard InChI is InChI=1S/C19H20N4OS/c24-19(16-4-6-17(7-5-16)23-9-2-8-20-23)22-12-10-21(11-13-22)15-18-3-1-14-25-18/h1-9,14H,10-13,15H2. The van der Waals surface area contributed by atoms with E-state index in [-0.39, 0.29) is 5.91 Å². The van der Waals surface area contributed by atoms with Gasteiger partial charge in [-0.2, -0.15) is 5.10 Å². The number of aromatic nitrogens is 2. The molecule has 1 amide bonds. The minimum atomic E-state index is 0.114. The van der Waals surface area contributed by atoms with E-state index in [4.69, 9.17) is 0 Å². The summed E-state index contributed by atoms with van der Waals surface area (Å²) in [4.78, 5) is 18.5. The molecule has 0 atom stereocenters. The van der Waals surface area contributed by atoms with Crippen molar-refractivity contribution in [3.63, 3.8) is 0 Å². The van der Waals surface area contributed by atoms with Gasteiger partial charge in [-0.3, -0.25) is 9.69 Å². The van der Waals surface area contributed by atoms with Crippen molar-refractivity contribution in [2.45, 2.75) is 6.54 Å². The van der Waals surface area contributed by atoms with Crippen molar-refractivity contribution in [1.82, 2.24) is 19.6 Å². The van der Waals surface area contributed by atoms with Gasteiger partial charge in [0.2, 0.25) is 0 Å². The Balaban J connectivity index is 1.35. The Morgan fingerprint density at radius 1 is 1.04 bits per heavy atom. The van der Waals surface area contributed by atoms with Crippen molar-refractivity contribution in [3.05, 3.63) is 70.7 Å². The Morgan fingerprint density at radius 2 is 1.84 bits per heavy atom. The fraction of sp³-hybridized carbons (Fsp3) is 0.263. The third-order valence-corrected chi connectivity index (χ3v) is 5.36. The lowest BCUT2D eigenvalue weighted by atomic mass is 10.1. The van der Waals surface area contributed by atoms with Crippen molar-refractivity contribution in [3.8, 4) is 5.69 Å². The smallest absolute Gasteiger partial charge is 0.253 e. The second kappa shape index (κ2) is 7.21. The number of carbonyl (C=O) groups excluding carboxylic acids is 1. The molecular weight excluding hydrogens is 332 g/mol. The molecule has 4 rings (SSSR count). The van der Waals surface area contributed by atoms with Crippen molar-refractivity contribution < 1.29 is 4.79 Å². The van der Waals surface area contributed by atoms with Crippen LogP contribution in [0.4, 0.5) is 0 Å². The normalized spacial score (nSPS) is 15.4. The van der Waals surface area contributed by atoms with Gasteiger partial charge in [-0.05, 0) is 41.8 Å². The molecule has 128 valence electrons. The molecule has 0 saturated carbocycles. The molecule has 1 fully saturated rings. The highest BCUT2D eigenvalue weighted by Gasteiger charge is 2.22. The largest absolute Gasteiger partial charge is 0.336 e. The average molecular weight is 352 g/mol. The van der Waals surface area contributed by atoms with E-state index in [1.165, 1.54) is 4.88 Å². The van der Waals surface area contributed by atoms with Gasteiger partial charge in [0.05, 0.1) is 5.69 Å². The molecule has 0 N–H and O–H groups in total. The molecule has 0 radical (unpaired) electrons. The van der Waals surface area contributed by atoms with Gasteiger partial charge >= 0.3 is 0 Å². The summed E-state index contributed by atoms with van der Waals surface area (Å²) in [5.41, 5.74) is 1.70. The van der Waals surface area contributed by atoms with Gasteiger partial charge in [0.1, 0.15) is 0 Å². The van der Waals surface area contributed by atoms with E-state index in [2.05, 4.69) is 27.5 Å². The van der Waals surface area contributed by atoms with Crippen LogP contribution >= 0.6 is 11.3 Å². The number of carbonyl (C=O) groups is 1. The van der Waals surface area contributed by atoms with E-state index in [1.54, 1.807) is 22.2 Å². The lowest BCUT2D eigenvalue weighted by Gasteiger charge is -2.34. The molecule has 3 heterocycles. The van der Waals surface area contributed by atoms with Crippen molar-refractivity contribution >= 4 is 17.2 Å². The van der Waals surface area contributed by atoms with E-state index < -0.39 is 0 Å². The van der Waals surface area contributed by atoms with Gasteiger partial charge in [-0.1, -0.05) is 6.07 Å². The van der Waals surface area contributed by atoms with Gasteiger partial charge in [-0.25, -0.2) is 4.68 Å². The third-order valence-electron chi connectivity index (χ3n) is 4.50. The van der Waals surface area contributed by atoms with Gasteiger partial charge in [0, 0.05) is 55.6 Å². The van der Waals surface area contributed by atoms with Crippen LogP contribution in [0.1, 0.15) is 15.2 Å². The lowest BCUT2D eigenvalue weighted by Crippen LogP contribution is -2.48. The second-order valence-electron chi connectivity index (χ2n) is 6.15. The van der Waals surface area contributed by atoms with Gasteiger partial charge in [0.25, 0.3) is 5.91 Å². The van der Waals surface area contributed by atoms with Crippen molar-refractivity contribution in [2.75, 3.05) is 26.2 Å². The Morgan fingerprint density at radius 3 is 2.48 bits per heavy atom. The third kappa shape index (κ3) is 3.65. The Bertz CT molecular complexity index is 804. The van der Waals surface area contributed by atoms with Crippen LogP contribution in [-0.2, 0) is 6.54 Å². The topological polar surface area (TPSA) is 41.4 Å². The Hall–Kier alpha value is -2.44. The van der Waals surface area contributed by atoms with E-state index in [0.717, 1.165) is 44.0 Å². The number of hydrogen-bond acceptors (Lipinski definition) is 4. The summed E-state index contributed by atoms with van der Waals surface area (Å²) in [5.74, 6) is 0.114. The second-order valence-corrected chi connectivity index (χ2v) is 7.18. The molecule has 1 saturated heterocycles. The fourth-order valence-electron chi connectivity index (χ4n) is 3.09. The van der Waals surface area contributed by atoms with Gasteiger partial charge in [0.15, 0.2) is 0 Å². The monoisotopic (exact) mass is 352 g/mol. The maximum Gasteiger partial charge on any atom is 0.253 e. The van der Waals surface area contributed by atoms with Gasteiger partial charge < -0.3 is 4.90 Å². The molecule has 1 aliphatic heterocycles.